The van der Waals surface area contributed by atoms with E-state index in [0.717, 1.165) is 28.8 Å². The average molecular weight is 466 g/mol. The molecule has 0 aliphatic carbocycles. The number of halogens is 2. The summed E-state index contributed by atoms with van der Waals surface area (Å²) in [6.07, 6.45) is 0.741. The number of carbonyl (C=O) groups excluding carboxylic acids is 2. The van der Waals surface area contributed by atoms with E-state index in [0.29, 0.717) is 11.5 Å². The van der Waals surface area contributed by atoms with E-state index in [9.17, 15) is 23.5 Å². The molecule has 2 aliphatic rings. The van der Waals surface area contributed by atoms with Crippen molar-refractivity contribution in [2.75, 3.05) is 31.1 Å². The summed E-state index contributed by atoms with van der Waals surface area (Å²) in [6, 6.07) is 2.17. The van der Waals surface area contributed by atoms with Crippen LogP contribution >= 0.6 is 11.7 Å². The Morgan fingerprint density at radius 2 is 2.16 bits per heavy atom. The Bertz CT molecular complexity index is 1020. The maximum absolute atomic E-state index is 14.9. The highest BCUT2D eigenvalue weighted by atomic mass is 32.1. The van der Waals surface area contributed by atoms with Gasteiger partial charge in [-0.15, -0.1) is 4.37 Å². The predicted octanol–water partition coefficient (Wildman–Crippen LogP) is 2.22. The molecule has 32 heavy (non-hydrogen) atoms. The molecule has 1 N–H and O–H groups in total. The minimum Gasteiger partial charge on any atom is -0.472 e. The summed E-state index contributed by atoms with van der Waals surface area (Å²) < 4.78 is 48.0. The van der Waals surface area contributed by atoms with Crippen molar-refractivity contribution < 1.29 is 33.0 Å². The number of carbonyl (C=O) groups is 2. The van der Waals surface area contributed by atoms with Crippen LogP contribution in [0.4, 0.5) is 19.3 Å². The van der Waals surface area contributed by atoms with Gasteiger partial charge in [0.1, 0.15) is 30.5 Å². The van der Waals surface area contributed by atoms with E-state index in [2.05, 4.69) is 8.75 Å². The zero-order valence-electron chi connectivity index (χ0n) is 17.0. The summed E-state index contributed by atoms with van der Waals surface area (Å²) in [5.41, 5.74) is 0.267. The molecule has 1 unspecified atom stereocenters. The lowest BCUT2D eigenvalue weighted by molar-refractivity contribution is -0.138. The van der Waals surface area contributed by atoms with E-state index in [4.69, 9.17) is 9.47 Å². The molecule has 3 heterocycles. The van der Waals surface area contributed by atoms with E-state index in [1.165, 1.54) is 18.0 Å². The van der Waals surface area contributed by atoms with Gasteiger partial charge in [0, 0.05) is 18.7 Å². The molecule has 2 atom stereocenters. The number of hydrogen-bond acceptors (Lipinski definition) is 8. The smallest absolute Gasteiger partial charge is 0.414 e. The van der Waals surface area contributed by atoms with Gasteiger partial charge in [-0.05, 0) is 31.1 Å². The number of rotatable bonds is 6. The quantitative estimate of drug-likeness (QED) is 0.696. The average Bonchev–Trinajstić information content (AvgIpc) is 3.41. The SMILES string of the molecule is CC(O)C(=O)N1CC=C(c2c(F)cc(N3C[C@H](COc4cnsn4)OC3=O)cc2F)CC1. The zero-order chi connectivity index (χ0) is 22.8. The van der Waals surface area contributed by atoms with Crippen LogP contribution in [-0.4, -0.2) is 69.2 Å². The van der Waals surface area contributed by atoms with Crippen LogP contribution in [0.5, 0.6) is 5.88 Å². The van der Waals surface area contributed by atoms with E-state index < -0.39 is 35.8 Å². The Kier molecular flexibility index (Phi) is 6.33. The second-order valence-corrected chi connectivity index (χ2v) is 7.95. The first kappa shape index (κ1) is 22.1. The van der Waals surface area contributed by atoms with Gasteiger partial charge in [0.25, 0.3) is 5.91 Å². The Morgan fingerprint density at radius 1 is 1.41 bits per heavy atom. The van der Waals surface area contributed by atoms with Gasteiger partial charge in [0.05, 0.1) is 24.0 Å². The highest BCUT2D eigenvalue weighted by Crippen LogP contribution is 2.32. The van der Waals surface area contributed by atoms with Crippen LogP contribution in [0.25, 0.3) is 5.57 Å². The molecule has 2 amide bonds. The third kappa shape index (κ3) is 4.55. The molecule has 0 bridgehead atoms. The van der Waals surface area contributed by atoms with Gasteiger partial charge in [-0.2, -0.15) is 4.37 Å². The van der Waals surface area contributed by atoms with Crippen LogP contribution in [0, 0.1) is 11.6 Å². The van der Waals surface area contributed by atoms with Gasteiger partial charge in [-0.1, -0.05) is 6.08 Å². The maximum atomic E-state index is 14.9. The highest BCUT2D eigenvalue weighted by Gasteiger charge is 2.34. The first-order valence-corrected chi connectivity index (χ1v) is 10.6. The highest BCUT2D eigenvalue weighted by molar-refractivity contribution is 6.99. The molecule has 2 aliphatic heterocycles. The lowest BCUT2D eigenvalue weighted by atomic mass is 9.97. The summed E-state index contributed by atoms with van der Waals surface area (Å²) >= 11 is 0.977. The summed E-state index contributed by atoms with van der Waals surface area (Å²) in [5.74, 6) is -1.76. The zero-order valence-corrected chi connectivity index (χ0v) is 17.8. The normalized spacial score (nSPS) is 19.6. The fraction of sp³-hybridized carbons (Fsp3) is 0.400. The van der Waals surface area contributed by atoms with Crippen molar-refractivity contribution in [2.45, 2.75) is 25.6 Å². The molecular weight excluding hydrogens is 446 g/mol. The molecule has 0 spiro atoms. The Hall–Kier alpha value is -3.12. The number of cyclic esters (lactones) is 1. The number of anilines is 1. The predicted molar refractivity (Wildman–Crippen MR) is 110 cm³/mol. The summed E-state index contributed by atoms with van der Waals surface area (Å²) in [4.78, 5) is 26.6. The summed E-state index contributed by atoms with van der Waals surface area (Å²) in [6.45, 7) is 1.86. The Balaban J connectivity index is 1.46. The van der Waals surface area contributed by atoms with Crippen molar-refractivity contribution in [3.05, 3.63) is 41.6 Å². The molecular formula is C20H20F2N4O5S. The maximum Gasteiger partial charge on any atom is 0.414 e. The van der Waals surface area contributed by atoms with Crippen LogP contribution < -0.4 is 9.64 Å². The fourth-order valence-corrected chi connectivity index (χ4v) is 3.96. The lowest BCUT2D eigenvalue weighted by Crippen LogP contribution is -2.40. The van der Waals surface area contributed by atoms with Crippen LogP contribution in [0.15, 0.2) is 24.4 Å². The first-order valence-electron chi connectivity index (χ1n) is 9.87. The molecule has 0 radical (unpaired) electrons. The van der Waals surface area contributed by atoms with Crippen molar-refractivity contribution in [2.24, 2.45) is 0 Å². The van der Waals surface area contributed by atoms with E-state index in [1.54, 1.807) is 6.08 Å². The molecule has 4 rings (SSSR count). The molecule has 170 valence electrons. The molecule has 1 saturated heterocycles. The second-order valence-electron chi connectivity index (χ2n) is 7.40. The number of hydrogen-bond donors (Lipinski definition) is 1. The van der Waals surface area contributed by atoms with Crippen LogP contribution in [0.3, 0.4) is 0 Å². The van der Waals surface area contributed by atoms with Crippen molar-refractivity contribution >= 4 is 35.0 Å². The van der Waals surface area contributed by atoms with E-state index >= 15 is 0 Å². The van der Waals surface area contributed by atoms with Crippen LogP contribution in [0.2, 0.25) is 0 Å². The molecule has 1 aromatic carbocycles. The lowest BCUT2D eigenvalue weighted by Gasteiger charge is -2.28. The largest absolute Gasteiger partial charge is 0.472 e. The van der Waals surface area contributed by atoms with Crippen LogP contribution in [-0.2, 0) is 9.53 Å². The van der Waals surface area contributed by atoms with Crippen molar-refractivity contribution in [3.63, 3.8) is 0 Å². The van der Waals surface area contributed by atoms with E-state index in [1.807, 2.05) is 0 Å². The second kappa shape index (κ2) is 9.17. The summed E-state index contributed by atoms with van der Waals surface area (Å²) in [7, 11) is 0. The first-order chi connectivity index (χ1) is 15.3. The topological polar surface area (TPSA) is 105 Å². The fourth-order valence-electron chi connectivity index (χ4n) is 3.60. The number of benzene rings is 1. The van der Waals surface area contributed by atoms with Crippen LogP contribution in [0.1, 0.15) is 18.9 Å². The standard InChI is InChI=1S/C20H20F2N4O5S/c1-11(27)19(28)25-4-2-12(3-5-25)18-15(21)6-13(7-16(18)22)26-9-14(31-20(26)29)10-30-17-8-23-32-24-17/h2,6-8,11,14,27H,3-5,9-10H2,1H3/t11?,14-/m1/s1. The monoisotopic (exact) mass is 466 g/mol. The number of amides is 2. The number of aliphatic hydroxyl groups is 1. The van der Waals surface area contributed by atoms with Crippen molar-refractivity contribution in [3.8, 4) is 5.88 Å². The van der Waals surface area contributed by atoms with Gasteiger partial charge in [-0.25, -0.2) is 13.6 Å². The number of aliphatic hydroxyl groups excluding tert-OH is 1. The molecule has 9 nitrogen and oxygen atoms in total. The third-order valence-corrected chi connectivity index (χ3v) is 5.63. The molecule has 0 saturated carbocycles. The number of ether oxygens (including phenoxy) is 2. The number of aromatic nitrogens is 2. The van der Waals surface area contributed by atoms with Gasteiger partial charge in [0.2, 0.25) is 5.88 Å². The van der Waals surface area contributed by atoms with Gasteiger partial charge < -0.3 is 19.5 Å². The van der Waals surface area contributed by atoms with Gasteiger partial charge in [-0.3, -0.25) is 9.69 Å². The van der Waals surface area contributed by atoms with E-state index in [-0.39, 0.29) is 43.9 Å². The Morgan fingerprint density at radius 3 is 2.75 bits per heavy atom. The van der Waals surface area contributed by atoms with Crippen molar-refractivity contribution in [1.29, 1.82) is 0 Å². The van der Waals surface area contributed by atoms with Gasteiger partial charge in [0.15, 0.2) is 6.10 Å². The van der Waals surface area contributed by atoms with Crippen molar-refractivity contribution in [1.82, 2.24) is 13.6 Å². The Labute approximate surface area is 186 Å². The number of nitrogens with zero attached hydrogens (tertiary/aromatic N) is 4. The van der Waals surface area contributed by atoms with Gasteiger partial charge >= 0.3 is 6.09 Å². The molecule has 1 fully saturated rings. The third-order valence-electron chi connectivity index (χ3n) is 5.17. The minimum absolute atomic E-state index is 0.0330. The molecule has 12 heteroatoms. The molecule has 1 aromatic heterocycles. The summed E-state index contributed by atoms with van der Waals surface area (Å²) in [5, 5.41) is 9.41. The minimum atomic E-state index is -1.13. The molecule has 2 aromatic rings.